The second kappa shape index (κ2) is 9.80. The van der Waals surface area contributed by atoms with Crippen molar-refractivity contribution in [1.29, 1.82) is 0 Å². The van der Waals surface area contributed by atoms with Crippen LogP contribution in [0.1, 0.15) is 32.0 Å². The lowest BCUT2D eigenvalue weighted by atomic mass is 9.85. The molecular weight excluding hydrogens is 324 g/mol. The van der Waals surface area contributed by atoms with Gasteiger partial charge in [0.05, 0.1) is 13.7 Å². The Morgan fingerprint density at radius 3 is 2.50 bits per heavy atom. The first-order chi connectivity index (χ1) is 12.5. The largest absolute Gasteiger partial charge is 0.497 e. The molecule has 0 radical (unpaired) electrons. The summed E-state index contributed by atoms with van der Waals surface area (Å²) in [6, 6.07) is 14.2. The molecule has 0 spiro atoms. The second-order valence-electron chi connectivity index (χ2n) is 6.81. The lowest BCUT2D eigenvalue weighted by molar-refractivity contribution is 0.414. The summed E-state index contributed by atoms with van der Waals surface area (Å²) in [4.78, 5) is 9.13. The van der Waals surface area contributed by atoms with Gasteiger partial charge in [-0.1, -0.05) is 32.0 Å². The summed E-state index contributed by atoms with van der Waals surface area (Å²) in [5.41, 5.74) is 2.26. The summed E-state index contributed by atoms with van der Waals surface area (Å²) in [7, 11) is 1.68. The summed E-state index contributed by atoms with van der Waals surface area (Å²) >= 11 is 0. The molecule has 5 nitrogen and oxygen atoms in total. The fourth-order valence-corrected chi connectivity index (χ4v) is 2.61. The van der Waals surface area contributed by atoms with Crippen LogP contribution in [0.5, 0.6) is 5.75 Å². The Morgan fingerprint density at radius 1 is 1.12 bits per heavy atom. The van der Waals surface area contributed by atoms with E-state index in [0.717, 1.165) is 36.9 Å². The number of nitrogens with zero attached hydrogens (tertiary/aromatic N) is 2. The maximum Gasteiger partial charge on any atom is 0.191 e. The second-order valence-corrected chi connectivity index (χ2v) is 6.81. The Hall–Kier alpha value is -2.56. The number of pyridine rings is 1. The number of aliphatic imine (C=N–C) groups is 1. The molecule has 1 aromatic heterocycles. The monoisotopic (exact) mass is 354 g/mol. The zero-order valence-corrected chi connectivity index (χ0v) is 16.2. The first kappa shape index (κ1) is 19.8. The molecule has 2 N–H and O–H groups in total. The number of aromatic nitrogens is 1. The van der Waals surface area contributed by atoms with Gasteiger partial charge < -0.3 is 15.4 Å². The average Bonchev–Trinajstić information content (AvgIpc) is 2.67. The first-order valence-corrected chi connectivity index (χ1v) is 9.12. The van der Waals surface area contributed by atoms with Gasteiger partial charge in [-0.05, 0) is 36.8 Å². The SMILES string of the molecule is CCNC(=NCC(C)(C)c1ccc(OC)cc1)NCCc1ccccn1. The Bertz CT molecular complexity index is 681. The molecule has 0 saturated heterocycles. The van der Waals surface area contributed by atoms with Crippen LogP contribution in [0.25, 0.3) is 0 Å². The maximum atomic E-state index is 5.24. The van der Waals surface area contributed by atoms with E-state index in [4.69, 9.17) is 9.73 Å². The van der Waals surface area contributed by atoms with Crippen molar-refractivity contribution in [3.63, 3.8) is 0 Å². The highest BCUT2D eigenvalue weighted by Crippen LogP contribution is 2.25. The first-order valence-electron chi connectivity index (χ1n) is 9.12. The lowest BCUT2D eigenvalue weighted by Crippen LogP contribution is -2.39. The van der Waals surface area contributed by atoms with E-state index in [1.54, 1.807) is 7.11 Å². The minimum atomic E-state index is -0.0599. The predicted octanol–water partition coefficient (Wildman–Crippen LogP) is 3.17. The van der Waals surface area contributed by atoms with Crippen molar-refractivity contribution in [3.8, 4) is 5.75 Å². The lowest BCUT2D eigenvalue weighted by Gasteiger charge is -2.24. The van der Waals surface area contributed by atoms with Gasteiger partial charge in [0.1, 0.15) is 5.75 Å². The number of nitrogens with one attached hydrogen (secondary N) is 2. The molecule has 140 valence electrons. The van der Waals surface area contributed by atoms with E-state index in [0.29, 0.717) is 6.54 Å². The van der Waals surface area contributed by atoms with Crippen LogP contribution in [0.2, 0.25) is 0 Å². The van der Waals surface area contributed by atoms with E-state index in [1.165, 1.54) is 5.56 Å². The van der Waals surface area contributed by atoms with E-state index in [1.807, 2.05) is 36.5 Å². The van der Waals surface area contributed by atoms with Crippen LogP contribution in [-0.4, -0.2) is 37.7 Å². The van der Waals surface area contributed by atoms with Crippen LogP contribution in [0, 0.1) is 0 Å². The van der Waals surface area contributed by atoms with Crippen LogP contribution in [0.15, 0.2) is 53.7 Å². The molecule has 2 aromatic rings. The van der Waals surface area contributed by atoms with Crippen molar-refractivity contribution in [3.05, 3.63) is 59.9 Å². The highest BCUT2D eigenvalue weighted by atomic mass is 16.5. The Labute approximate surface area is 156 Å². The summed E-state index contributed by atoms with van der Waals surface area (Å²) in [6.45, 7) is 8.80. The number of benzene rings is 1. The average molecular weight is 354 g/mol. The zero-order valence-electron chi connectivity index (χ0n) is 16.2. The number of methoxy groups -OCH3 is 1. The van der Waals surface area contributed by atoms with Crippen LogP contribution in [0.4, 0.5) is 0 Å². The molecule has 0 saturated carbocycles. The molecule has 0 fully saturated rings. The van der Waals surface area contributed by atoms with Gasteiger partial charge in [-0.25, -0.2) is 0 Å². The van der Waals surface area contributed by atoms with Crippen molar-refractivity contribution in [2.75, 3.05) is 26.7 Å². The normalized spacial score (nSPS) is 11.9. The van der Waals surface area contributed by atoms with Gasteiger partial charge in [0.15, 0.2) is 5.96 Å². The van der Waals surface area contributed by atoms with Crippen LogP contribution < -0.4 is 15.4 Å². The minimum absolute atomic E-state index is 0.0599. The van der Waals surface area contributed by atoms with Gasteiger partial charge in [0, 0.05) is 36.8 Å². The van der Waals surface area contributed by atoms with Crippen LogP contribution in [-0.2, 0) is 11.8 Å². The third-order valence-electron chi connectivity index (χ3n) is 4.25. The topological polar surface area (TPSA) is 58.5 Å². The summed E-state index contributed by atoms with van der Waals surface area (Å²) < 4.78 is 5.24. The summed E-state index contributed by atoms with van der Waals surface area (Å²) in [5.74, 6) is 1.71. The molecule has 0 aliphatic rings. The number of ether oxygens (including phenoxy) is 1. The number of hydrogen-bond acceptors (Lipinski definition) is 3. The molecule has 0 atom stereocenters. The van der Waals surface area contributed by atoms with Gasteiger partial charge in [-0.3, -0.25) is 9.98 Å². The molecule has 1 aromatic carbocycles. The molecule has 0 unspecified atom stereocenters. The predicted molar refractivity (Wildman–Crippen MR) is 108 cm³/mol. The van der Waals surface area contributed by atoms with E-state index in [2.05, 4.69) is 48.5 Å². The minimum Gasteiger partial charge on any atom is -0.497 e. The molecule has 0 amide bonds. The summed E-state index contributed by atoms with van der Waals surface area (Å²) in [6.07, 6.45) is 2.69. The molecule has 5 heteroatoms. The molecule has 0 bridgehead atoms. The van der Waals surface area contributed by atoms with Crippen molar-refractivity contribution >= 4 is 5.96 Å². The van der Waals surface area contributed by atoms with Crippen molar-refractivity contribution in [2.45, 2.75) is 32.6 Å². The number of rotatable bonds is 8. The fourth-order valence-electron chi connectivity index (χ4n) is 2.61. The molecule has 1 heterocycles. The highest BCUT2D eigenvalue weighted by molar-refractivity contribution is 5.79. The van der Waals surface area contributed by atoms with E-state index < -0.39 is 0 Å². The molecular formula is C21H30N4O. The van der Waals surface area contributed by atoms with Crippen molar-refractivity contribution < 1.29 is 4.74 Å². The van der Waals surface area contributed by atoms with Crippen molar-refractivity contribution in [2.24, 2.45) is 4.99 Å². The van der Waals surface area contributed by atoms with Gasteiger partial charge in [0.25, 0.3) is 0 Å². The van der Waals surface area contributed by atoms with Gasteiger partial charge in [-0.15, -0.1) is 0 Å². The van der Waals surface area contributed by atoms with Crippen molar-refractivity contribution in [1.82, 2.24) is 15.6 Å². The zero-order chi connectivity index (χ0) is 18.8. The molecule has 26 heavy (non-hydrogen) atoms. The Morgan fingerprint density at radius 2 is 1.88 bits per heavy atom. The standard InChI is InChI=1S/C21H30N4O/c1-5-22-20(24-15-13-18-8-6-7-14-23-18)25-16-21(2,3)17-9-11-19(26-4)12-10-17/h6-12,14H,5,13,15-16H2,1-4H3,(H2,22,24,25). The summed E-state index contributed by atoms with van der Waals surface area (Å²) in [5, 5.41) is 6.70. The van der Waals surface area contributed by atoms with E-state index >= 15 is 0 Å². The van der Waals surface area contributed by atoms with E-state index in [-0.39, 0.29) is 5.41 Å². The quantitative estimate of drug-likeness (QED) is 0.565. The maximum absolute atomic E-state index is 5.24. The van der Waals surface area contributed by atoms with Gasteiger partial charge in [-0.2, -0.15) is 0 Å². The van der Waals surface area contributed by atoms with Gasteiger partial charge >= 0.3 is 0 Å². The fraction of sp³-hybridized carbons (Fsp3) is 0.429. The Balaban J connectivity index is 1.95. The third kappa shape index (κ3) is 6.06. The Kier molecular flexibility index (Phi) is 7.45. The number of guanidine groups is 1. The van der Waals surface area contributed by atoms with E-state index in [9.17, 15) is 0 Å². The molecule has 0 aliphatic carbocycles. The number of hydrogen-bond donors (Lipinski definition) is 2. The van der Waals surface area contributed by atoms with Gasteiger partial charge in [0.2, 0.25) is 0 Å². The van der Waals surface area contributed by atoms with Crippen LogP contribution in [0.3, 0.4) is 0 Å². The highest BCUT2D eigenvalue weighted by Gasteiger charge is 2.20. The molecule has 2 rings (SSSR count). The third-order valence-corrected chi connectivity index (χ3v) is 4.25. The molecule has 0 aliphatic heterocycles. The van der Waals surface area contributed by atoms with Crippen LogP contribution >= 0.6 is 0 Å². The smallest absolute Gasteiger partial charge is 0.191 e.